The molecule has 5 nitrogen and oxygen atoms in total. The van der Waals surface area contributed by atoms with Gasteiger partial charge in [-0.2, -0.15) is 4.98 Å². The highest BCUT2D eigenvalue weighted by molar-refractivity contribution is 6.10. The summed E-state index contributed by atoms with van der Waals surface area (Å²) in [6.45, 7) is 0. The number of fused-ring (bicyclic) bond motifs is 8. The van der Waals surface area contributed by atoms with Gasteiger partial charge in [0.05, 0.1) is 33.0 Å². The summed E-state index contributed by atoms with van der Waals surface area (Å²) in [6.07, 6.45) is 0. The Labute approximate surface area is 246 Å². The Hall–Kier alpha value is -5.94. The van der Waals surface area contributed by atoms with Crippen LogP contribution in [0.3, 0.4) is 0 Å². The molecule has 5 heteroatoms. The van der Waals surface area contributed by atoms with E-state index in [1.54, 1.807) is 0 Å². The first-order chi connectivity index (χ1) is 21.3. The van der Waals surface area contributed by atoms with Gasteiger partial charge < -0.3 is 4.57 Å². The lowest BCUT2D eigenvalue weighted by molar-refractivity contribution is 1.06. The molecule has 0 unspecified atom stereocenters. The molecule has 6 aromatic carbocycles. The number of rotatable bonds is 3. The summed E-state index contributed by atoms with van der Waals surface area (Å²) < 4.78 is 6.52. The van der Waals surface area contributed by atoms with Gasteiger partial charge in [-0.05, 0) is 77.9 Å². The zero-order valence-electron chi connectivity index (χ0n) is 23.1. The molecule has 9 aromatic rings. The molecule has 0 bridgehead atoms. The van der Waals surface area contributed by atoms with Crippen molar-refractivity contribution in [3.63, 3.8) is 0 Å². The van der Waals surface area contributed by atoms with E-state index in [2.05, 4.69) is 110 Å². The molecule has 0 saturated carbocycles. The zero-order chi connectivity index (χ0) is 28.5. The van der Waals surface area contributed by atoms with Crippen molar-refractivity contribution in [1.29, 1.82) is 0 Å². The lowest BCUT2D eigenvalue weighted by atomic mass is 10.0. The molecule has 0 aliphatic rings. The summed E-state index contributed by atoms with van der Waals surface area (Å²) in [7, 11) is 0. The highest BCUT2D eigenvalue weighted by Gasteiger charge is 2.18. The standard InChI is InChI=1S/C38H24N4O/c43-37-30-16-8-10-18-33(30)42-36-24-26(20-22-35(36)41(38(42)39-37)28-13-5-2-6-14-28)25-19-21-34-31(23-25)29-15-7-9-17-32(29)40(34)27-11-3-1-4-12-27/h1-24H. The Kier molecular flexibility index (Phi) is 4.98. The summed E-state index contributed by atoms with van der Waals surface area (Å²) >= 11 is 0. The van der Waals surface area contributed by atoms with Crippen LogP contribution in [0, 0.1) is 0 Å². The maximum atomic E-state index is 13.1. The summed E-state index contributed by atoms with van der Waals surface area (Å²) in [6, 6.07) is 50.2. The van der Waals surface area contributed by atoms with Crippen LogP contribution >= 0.6 is 0 Å². The molecule has 0 aliphatic carbocycles. The van der Waals surface area contributed by atoms with Crippen molar-refractivity contribution in [2.45, 2.75) is 0 Å². The lowest BCUT2D eigenvalue weighted by Crippen LogP contribution is -2.11. The fourth-order valence-electron chi connectivity index (χ4n) is 6.56. The smallest absolute Gasteiger partial charge is 0.282 e. The minimum Gasteiger partial charge on any atom is -0.309 e. The predicted octanol–water partition coefficient (Wildman–Crippen LogP) is 8.56. The van der Waals surface area contributed by atoms with Gasteiger partial charge in [0, 0.05) is 22.1 Å². The first kappa shape index (κ1) is 23.7. The highest BCUT2D eigenvalue weighted by Crippen LogP contribution is 2.36. The summed E-state index contributed by atoms with van der Waals surface area (Å²) in [5, 5.41) is 3.03. The molecule has 0 N–H and O–H groups in total. The minimum absolute atomic E-state index is 0.226. The van der Waals surface area contributed by atoms with Crippen molar-refractivity contribution in [3.05, 3.63) is 156 Å². The number of para-hydroxylation sites is 4. The fraction of sp³-hybridized carbons (Fsp3) is 0. The number of aromatic nitrogens is 4. The van der Waals surface area contributed by atoms with Crippen molar-refractivity contribution in [1.82, 2.24) is 18.5 Å². The van der Waals surface area contributed by atoms with Crippen molar-refractivity contribution in [3.8, 4) is 22.5 Å². The largest absolute Gasteiger partial charge is 0.309 e. The van der Waals surface area contributed by atoms with Crippen LogP contribution in [0.4, 0.5) is 0 Å². The molecule has 0 amide bonds. The fourth-order valence-corrected chi connectivity index (χ4v) is 6.56. The Morgan fingerprint density at radius 3 is 1.72 bits per heavy atom. The number of benzene rings is 6. The van der Waals surface area contributed by atoms with Gasteiger partial charge in [-0.3, -0.25) is 13.8 Å². The highest BCUT2D eigenvalue weighted by atomic mass is 16.1. The van der Waals surface area contributed by atoms with Crippen LogP contribution in [-0.4, -0.2) is 18.5 Å². The second kappa shape index (κ2) is 9.03. The van der Waals surface area contributed by atoms with Gasteiger partial charge in [0.25, 0.3) is 5.56 Å². The number of hydrogen-bond acceptors (Lipinski definition) is 2. The molecule has 3 heterocycles. The maximum absolute atomic E-state index is 13.1. The van der Waals surface area contributed by atoms with Crippen LogP contribution < -0.4 is 5.56 Å². The van der Waals surface area contributed by atoms with Crippen molar-refractivity contribution in [2.24, 2.45) is 0 Å². The number of imidazole rings is 1. The van der Waals surface area contributed by atoms with Crippen LogP contribution in [0.1, 0.15) is 0 Å². The molecule has 202 valence electrons. The molecule has 9 rings (SSSR count). The van der Waals surface area contributed by atoms with Crippen LogP contribution in [0.2, 0.25) is 0 Å². The predicted molar refractivity (Wildman–Crippen MR) is 176 cm³/mol. The SMILES string of the molecule is O=c1nc2n(-c3ccccc3)c3ccc(-c4ccc5c(c4)c4ccccc4n5-c4ccccc4)cc3n2c2ccccc12. The van der Waals surface area contributed by atoms with E-state index in [-0.39, 0.29) is 5.56 Å². The van der Waals surface area contributed by atoms with E-state index >= 15 is 0 Å². The van der Waals surface area contributed by atoms with Gasteiger partial charge in [-0.15, -0.1) is 0 Å². The zero-order valence-corrected chi connectivity index (χ0v) is 23.1. The summed E-state index contributed by atoms with van der Waals surface area (Å²) in [5.41, 5.74) is 9.28. The lowest BCUT2D eigenvalue weighted by Gasteiger charge is -2.08. The molecule has 43 heavy (non-hydrogen) atoms. The third-order valence-electron chi connectivity index (χ3n) is 8.47. The Morgan fingerprint density at radius 1 is 0.419 bits per heavy atom. The molecular formula is C38H24N4O. The van der Waals surface area contributed by atoms with E-state index in [4.69, 9.17) is 0 Å². The average molecular weight is 553 g/mol. The molecule has 0 spiro atoms. The van der Waals surface area contributed by atoms with Gasteiger partial charge in [0.15, 0.2) is 0 Å². The molecule has 0 aliphatic heterocycles. The molecule has 0 radical (unpaired) electrons. The van der Waals surface area contributed by atoms with E-state index in [0.29, 0.717) is 11.2 Å². The van der Waals surface area contributed by atoms with E-state index in [1.807, 2.05) is 54.6 Å². The Morgan fingerprint density at radius 2 is 0.977 bits per heavy atom. The van der Waals surface area contributed by atoms with Crippen molar-refractivity contribution >= 4 is 49.5 Å². The number of hydrogen-bond donors (Lipinski definition) is 0. The minimum atomic E-state index is -0.226. The molecular weight excluding hydrogens is 528 g/mol. The first-order valence-electron chi connectivity index (χ1n) is 14.4. The van der Waals surface area contributed by atoms with Gasteiger partial charge >= 0.3 is 0 Å². The molecule has 0 atom stereocenters. The van der Waals surface area contributed by atoms with Gasteiger partial charge in [-0.1, -0.05) is 78.9 Å². The van der Waals surface area contributed by atoms with Gasteiger partial charge in [-0.25, -0.2) is 0 Å². The second-order valence-electron chi connectivity index (χ2n) is 10.9. The van der Waals surface area contributed by atoms with Crippen LogP contribution in [0.25, 0.3) is 72.0 Å². The third-order valence-corrected chi connectivity index (χ3v) is 8.47. The van der Waals surface area contributed by atoms with E-state index in [0.717, 1.165) is 39.1 Å². The van der Waals surface area contributed by atoms with E-state index < -0.39 is 0 Å². The molecule has 0 saturated heterocycles. The second-order valence-corrected chi connectivity index (χ2v) is 10.9. The topological polar surface area (TPSA) is 44.2 Å². The Bertz CT molecular complexity index is 2570. The summed E-state index contributed by atoms with van der Waals surface area (Å²) in [4.78, 5) is 17.7. The third kappa shape index (κ3) is 3.45. The molecule has 3 aromatic heterocycles. The monoisotopic (exact) mass is 552 g/mol. The van der Waals surface area contributed by atoms with E-state index in [1.165, 1.54) is 21.8 Å². The maximum Gasteiger partial charge on any atom is 0.282 e. The van der Waals surface area contributed by atoms with Crippen LogP contribution in [0.15, 0.2) is 150 Å². The van der Waals surface area contributed by atoms with Crippen LogP contribution in [0.5, 0.6) is 0 Å². The average Bonchev–Trinajstić information content (AvgIpc) is 3.57. The molecule has 0 fully saturated rings. The van der Waals surface area contributed by atoms with Crippen molar-refractivity contribution in [2.75, 3.05) is 0 Å². The normalized spacial score (nSPS) is 11.8. The Balaban J connectivity index is 1.34. The van der Waals surface area contributed by atoms with Gasteiger partial charge in [0.2, 0.25) is 5.78 Å². The summed E-state index contributed by atoms with van der Waals surface area (Å²) in [5.74, 6) is 0.600. The quantitative estimate of drug-likeness (QED) is 0.220. The number of nitrogens with zero attached hydrogens (tertiary/aromatic N) is 4. The van der Waals surface area contributed by atoms with Gasteiger partial charge in [0.1, 0.15) is 0 Å². The van der Waals surface area contributed by atoms with Crippen LogP contribution in [-0.2, 0) is 0 Å². The van der Waals surface area contributed by atoms with Crippen molar-refractivity contribution < 1.29 is 0 Å². The first-order valence-corrected chi connectivity index (χ1v) is 14.4. The van der Waals surface area contributed by atoms with E-state index in [9.17, 15) is 4.79 Å².